The topological polar surface area (TPSA) is 66.6 Å². The third-order valence-electron chi connectivity index (χ3n) is 3.82. The minimum absolute atomic E-state index is 0. The van der Waals surface area contributed by atoms with Crippen LogP contribution < -0.4 is 5.73 Å². The molecule has 5 nitrogen and oxygen atoms in total. The molecule has 2 N–H and O–H groups in total. The predicted molar refractivity (Wildman–Crippen MR) is 84.3 cm³/mol. The molecule has 8 heteroatoms. The molecule has 0 aromatic heterocycles. The van der Waals surface area contributed by atoms with Crippen LogP contribution in [0.5, 0.6) is 0 Å². The zero-order valence-electron chi connectivity index (χ0n) is 12.8. The van der Waals surface area contributed by atoms with E-state index < -0.39 is 11.6 Å². The molecule has 0 radical (unpaired) electrons. The van der Waals surface area contributed by atoms with Crippen molar-refractivity contribution < 1.29 is 18.4 Å². The number of carbonyl (C=O) groups is 2. The Morgan fingerprint density at radius 1 is 1.13 bits per heavy atom. The summed E-state index contributed by atoms with van der Waals surface area (Å²) in [6.07, 6.45) is 0. The number of hydrogen-bond acceptors (Lipinski definition) is 3. The lowest BCUT2D eigenvalue weighted by Crippen LogP contribution is -2.52. The average Bonchev–Trinajstić information content (AvgIpc) is 2.55. The molecule has 2 amide bonds. The van der Waals surface area contributed by atoms with Gasteiger partial charge >= 0.3 is 0 Å². The highest BCUT2D eigenvalue weighted by Gasteiger charge is 2.27. The Labute approximate surface area is 139 Å². The van der Waals surface area contributed by atoms with Crippen LogP contribution in [0.15, 0.2) is 18.2 Å². The van der Waals surface area contributed by atoms with Crippen molar-refractivity contribution in [2.24, 2.45) is 11.7 Å². The summed E-state index contributed by atoms with van der Waals surface area (Å²) in [4.78, 5) is 27.5. The van der Waals surface area contributed by atoms with Gasteiger partial charge in [0.1, 0.15) is 0 Å². The van der Waals surface area contributed by atoms with E-state index in [0.717, 1.165) is 12.1 Å². The van der Waals surface area contributed by atoms with Crippen LogP contribution in [-0.2, 0) is 4.79 Å². The third-order valence-corrected chi connectivity index (χ3v) is 3.82. The first kappa shape index (κ1) is 19.3. The molecular weight excluding hydrogens is 328 g/mol. The molecule has 0 saturated carbocycles. The Hall–Kier alpha value is -1.73. The van der Waals surface area contributed by atoms with Gasteiger partial charge in [-0.1, -0.05) is 6.92 Å². The van der Waals surface area contributed by atoms with E-state index in [4.69, 9.17) is 5.73 Å². The van der Waals surface area contributed by atoms with Gasteiger partial charge < -0.3 is 15.5 Å². The van der Waals surface area contributed by atoms with Crippen LogP contribution in [0, 0.1) is 17.6 Å². The van der Waals surface area contributed by atoms with Crippen LogP contribution >= 0.6 is 12.4 Å². The average molecular weight is 348 g/mol. The summed E-state index contributed by atoms with van der Waals surface area (Å²) >= 11 is 0. The first-order valence-corrected chi connectivity index (χ1v) is 7.17. The van der Waals surface area contributed by atoms with Crippen LogP contribution in [0.25, 0.3) is 0 Å². The lowest BCUT2D eigenvalue weighted by atomic mass is 10.1. The molecule has 0 aliphatic carbocycles. The molecule has 1 aromatic rings. The van der Waals surface area contributed by atoms with Crippen LogP contribution in [0.3, 0.4) is 0 Å². The maximum absolute atomic E-state index is 13.2. The molecule has 0 bridgehead atoms. The molecule has 1 aliphatic heterocycles. The fourth-order valence-corrected chi connectivity index (χ4v) is 2.35. The number of nitrogens with two attached hydrogens (primary N) is 1. The smallest absolute Gasteiger partial charge is 0.254 e. The second-order valence-corrected chi connectivity index (χ2v) is 5.38. The lowest BCUT2D eigenvalue weighted by molar-refractivity contribution is -0.136. The Morgan fingerprint density at radius 3 is 2.22 bits per heavy atom. The van der Waals surface area contributed by atoms with E-state index in [1.54, 1.807) is 11.8 Å². The summed E-state index contributed by atoms with van der Waals surface area (Å²) in [6.45, 7) is 3.60. The fourth-order valence-electron chi connectivity index (χ4n) is 2.35. The zero-order chi connectivity index (χ0) is 16.3. The van der Waals surface area contributed by atoms with E-state index >= 15 is 0 Å². The van der Waals surface area contributed by atoms with Crippen molar-refractivity contribution in [2.45, 2.75) is 6.92 Å². The maximum atomic E-state index is 13.2. The van der Waals surface area contributed by atoms with E-state index in [1.165, 1.54) is 11.0 Å². The Balaban J connectivity index is 0.00000264. The second-order valence-electron chi connectivity index (χ2n) is 5.38. The zero-order valence-corrected chi connectivity index (χ0v) is 13.6. The molecule has 23 heavy (non-hydrogen) atoms. The first-order valence-electron chi connectivity index (χ1n) is 7.17. The lowest BCUT2D eigenvalue weighted by Gasteiger charge is -2.36. The van der Waals surface area contributed by atoms with Gasteiger partial charge in [-0.05, 0) is 18.2 Å². The third kappa shape index (κ3) is 4.39. The van der Waals surface area contributed by atoms with Crippen molar-refractivity contribution in [2.75, 3.05) is 32.7 Å². The van der Waals surface area contributed by atoms with Gasteiger partial charge in [0.2, 0.25) is 5.91 Å². The van der Waals surface area contributed by atoms with Crippen molar-refractivity contribution in [1.29, 1.82) is 0 Å². The van der Waals surface area contributed by atoms with E-state index in [0.29, 0.717) is 26.2 Å². The van der Waals surface area contributed by atoms with Crippen LogP contribution in [0.1, 0.15) is 17.3 Å². The van der Waals surface area contributed by atoms with Gasteiger partial charge in [0, 0.05) is 44.2 Å². The number of piperazine rings is 1. The predicted octanol–water partition coefficient (Wildman–Crippen LogP) is 1.27. The minimum Gasteiger partial charge on any atom is -0.339 e. The Morgan fingerprint density at radius 2 is 1.70 bits per heavy atom. The number of amides is 2. The van der Waals surface area contributed by atoms with Gasteiger partial charge in [-0.25, -0.2) is 8.78 Å². The summed E-state index contributed by atoms with van der Waals surface area (Å²) in [6, 6.07) is 3.09. The van der Waals surface area contributed by atoms with Crippen molar-refractivity contribution in [3.63, 3.8) is 0 Å². The van der Waals surface area contributed by atoms with Gasteiger partial charge in [0.15, 0.2) is 11.6 Å². The molecule has 0 spiro atoms. The molecule has 1 aliphatic rings. The number of carbonyl (C=O) groups excluding carboxylic acids is 2. The van der Waals surface area contributed by atoms with Crippen molar-refractivity contribution in [3.8, 4) is 0 Å². The molecule has 1 fully saturated rings. The van der Waals surface area contributed by atoms with Crippen LogP contribution in [0.2, 0.25) is 0 Å². The van der Waals surface area contributed by atoms with Gasteiger partial charge in [0.05, 0.1) is 0 Å². The summed E-state index contributed by atoms with van der Waals surface area (Å²) in [5.74, 6) is -2.66. The minimum atomic E-state index is -1.04. The molecule has 1 unspecified atom stereocenters. The number of nitrogens with zero attached hydrogens (tertiary/aromatic N) is 2. The highest BCUT2D eigenvalue weighted by molar-refractivity contribution is 5.94. The number of rotatable bonds is 3. The number of halogens is 3. The quantitative estimate of drug-likeness (QED) is 0.895. The van der Waals surface area contributed by atoms with Crippen LogP contribution in [-0.4, -0.2) is 54.3 Å². The SMILES string of the molecule is CC(CN)C(=O)N1CCN(C(=O)c2ccc(F)c(F)c2)CC1.Cl. The summed E-state index contributed by atoms with van der Waals surface area (Å²) in [7, 11) is 0. The molecule has 1 aromatic carbocycles. The van der Waals surface area contributed by atoms with Gasteiger partial charge in [0.25, 0.3) is 5.91 Å². The normalized spacial score (nSPS) is 15.8. The van der Waals surface area contributed by atoms with Gasteiger partial charge in [-0.3, -0.25) is 9.59 Å². The summed E-state index contributed by atoms with van der Waals surface area (Å²) in [5.41, 5.74) is 5.58. The van der Waals surface area contributed by atoms with E-state index in [9.17, 15) is 18.4 Å². The molecule has 128 valence electrons. The maximum Gasteiger partial charge on any atom is 0.254 e. The largest absolute Gasteiger partial charge is 0.339 e. The fraction of sp³-hybridized carbons (Fsp3) is 0.467. The van der Waals surface area contributed by atoms with Gasteiger partial charge in [-0.2, -0.15) is 0 Å². The molecule has 1 atom stereocenters. The standard InChI is InChI=1S/C15H19F2N3O2.ClH/c1-10(9-18)14(21)19-4-6-20(7-5-19)15(22)11-2-3-12(16)13(17)8-11;/h2-3,8,10H,4-7,9,18H2,1H3;1H. The second kappa shape index (κ2) is 8.21. The molecular formula is C15H20ClF2N3O2. The molecule has 2 rings (SSSR count). The van der Waals surface area contributed by atoms with Crippen molar-refractivity contribution in [3.05, 3.63) is 35.4 Å². The Kier molecular flexibility index (Phi) is 6.90. The summed E-state index contributed by atoms with van der Waals surface area (Å²) < 4.78 is 26.1. The monoisotopic (exact) mass is 347 g/mol. The van der Waals surface area contributed by atoms with E-state index in [1.807, 2.05) is 0 Å². The highest BCUT2D eigenvalue weighted by atomic mass is 35.5. The molecule has 1 heterocycles. The van der Waals surface area contributed by atoms with Crippen molar-refractivity contribution >= 4 is 24.2 Å². The summed E-state index contributed by atoms with van der Waals surface area (Å²) in [5, 5.41) is 0. The van der Waals surface area contributed by atoms with Crippen LogP contribution in [0.4, 0.5) is 8.78 Å². The number of benzene rings is 1. The molecule has 1 saturated heterocycles. The van der Waals surface area contributed by atoms with Gasteiger partial charge in [-0.15, -0.1) is 12.4 Å². The Bertz CT molecular complexity index is 578. The number of hydrogen-bond donors (Lipinski definition) is 1. The first-order chi connectivity index (χ1) is 10.4. The van der Waals surface area contributed by atoms with E-state index in [-0.39, 0.29) is 42.2 Å². The highest BCUT2D eigenvalue weighted by Crippen LogP contribution is 2.13. The van der Waals surface area contributed by atoms with Crippen molar-refractivity contribution in [1.82, 2.24) is 9.80 Å². The van der Waals surface area contributed by atoms with E-state index in [2.05, 4.69) is 0 Å².